The van der Waals surface area contributed by atoms with Gasteiger partial charge in [0.25, 0.3) is 0 Å². The molecule has 0 aromatic heterocycles. The average Bonchev–Trinajstić information content (AvgIpc) is 2.48. The zero-order valence-corrected chi connectivity index (χ0v) is 11.1. The Morgan fingerprint density at radius 3 is 2.29 bits per heavy atom. The van der Waals surface area contributed by atoms with Gasteiger partial charge in [0.15, 0.2) is 0 Å². The third-order valence-electron chi connectivity index (χ3n) is 4.18. The van der Waals surface area contributed by atoms with Crippen LogP contribution < -0.4 is 0 Å². The van der Waals surface area contributed by atoms with E-state index in [9.17, 15) is 0 Å². The van der Waals surface area contributed by atoms with E-state index in [-0.39, 0.29) is 24.2 Å². The minimum absolute atomic E-state index is 0.168. The number of hydrogen-bond acceptors (Lipinski definition) is 3. The first kappa shape index (κ1) is 12.7. The monoisotopic (exact) mass is 233 g/mol. The number of nitrogens with zero attached hydrogens (tertiary/aromatic N) is 1. The van der Waals surface area contributed by atoms with Crippen molar-refractivity contribution in [1.29, 1.82) is 5.26 Å². The molecule has 1 fully saturated rings. The van der Waals surface area contributed by atoms with Gasteiger partial charge in [-0.2, -0.15) is 5.26 Å². The van der Waals surface area contributed by atoms with Gasteiger partial charge < -0.3 is 9.31 Å². The van der Waals surface area contributed by atoms with Gasteiger partial charge in [0.1, 0.15) is 0 Å². The summed E-state index contributed by atoms with van der Waals surface area (Å²) in [6.45, 7) is 8.26. The zero-order valence-electron chi connectivity index (χ0n) is 11.1. The molecular formula is C13H20BNO2. The largest absolute Gasteiger partial charge is 0.490 e. The highest BCUT2D eigenvalue weighted by atomic mass is 16.7. The summed E-state index contributed by atoms with van der Waals surface area (Å²) in [5.41, 5.74) is 0.657. The standard InChI is InChI=1S/C13H20BNO2/c1-12(2)13(3,4)17-14(16-12)11-7-5-10(9-15)6-8-11/h7,10H,5-6,8H2,1-4H3/t10-/m0/s1. The number of hydrogen-bond donors (Lipinski definition) is 0. The lowest BCUT2D eigenvalue weighted by atomic mass is 9.71. The summed E-state index contributed by atoms with van der Waals surface area (Å²) in [4.78, 5) is 0. The van der Waals surface area contributed by atoms with Gasteiger partial charge in [0.2, 0.25) is 0 Å². The second kappa shape index (κ2) is 4.15. The highest BCUT2D eigenvalue weighted by Gasteiger charge is 2.52. The highest BCUT2D eigenvalue weighted by molar-refractivity contribution is 6.54. The smallest absolute Gasteiger partial charge is 0.400 e. The first-order valence-electron chi connectivity index (χ1n) is 6.30. The molecule has 17 heavy (non-hydrogen) atoms. The molecule has 0 amide bonds. The Hall–Kier alpha value is -0.785. The molecule has 3 nitrogen and oxygen atoms in total. The SMILES string of the molecule is CC1(C)OB(C2=CC[C@H](C#N)CC2)OC1(C)C. The molecule has 4 heteroatoms. The summed E-state index contributed by atoms with van der Waals surface area (Å²) in [6, 6.07) is 2.32. The van der Waals surface area contributed by atoms with Gasteiger partial charge in [-0.15, -0.1) is 0 Å². The highest BCUT2D eigenvalue weighted by Crippen LogP contribution is 2.40. The predicted octanol–water partition coefficient (Wildman–Crippen LogP) is 2.87. The minimum atomic E-state index is -0.273. The summed E-state index contributed by atoms with van der Waals surface area (Å²) in [6.07, 6.45) is 4.79. The Labute approximate surface area is 104 Å². The van der Waals surface area contributed by atoms with E-state index >= 15 is 0 Å². The molecule has 1 aliphatic heterocycles. The molecule has 2 aliphatic rings. The molecule has 0 aromatic rings. The van der Waals surface area contributed by atoms with Gasteiger partial charge in [-0.1, -0.05) is 6.08 Å². The van der Waals surface area contributed by atoms with Gasteiger partial charge >= 0.3 is 7.12 Å². The lowest BCUT2D eigenvalue weighted by Crippen LogP contribution is -2.41. The predicted molar refractivity (Wildman–Crippen MR) is 67.1 cm³/mol. The summed E-state index contributed by atoms with van der Waals surface area (Å²) in [5.74, 6) is 0.168. The van der Waals surface area contributed by atoms with Crippen molar-refractivity contribution >= 4 is 7.12 Å². The summed E-state index contributed by atoms with van der Waals surface area (Å²) in [7, 11) is -0.223. The molecule has 0 spiro atoms. The van der Waals surface area contributed by atoms with Crippen LogP contribution in [0.25, 0.3) is 0 Å². The molecule has 1 saturated heterocycles. The lowest BCUT2D eigenvalue weighted by molar-refractivity contribution is 0.00578. The van der Waals surface area contributed by atoms with Gasteiger partial charge in [-0.25, -0.2) is 0 Å². The second-order valence-electron chi connectivity index (χ2n) is 5.97. The summed E-state index contributed by atoms with van der Waals surface area (Å²) in [5, 5.41) is 8.87. The van der Waals surface area contributed by atoms with Crippen molar-refractivity contribution in [3.63, 3.8) is 0 Å². The maximum Gasteiger partial charge on any atom is 0.490 e. The topological polar surface area (TPSA) is 42.2 Å². The normalized spacial score (nSPS) is 30.9. The molecule has 2 rings (SSSR count). The van der Waals surface area contributed by atoms with Crippen LogP contribution in [0.2, 0.25) is 0 Å². The van der Waals surface area contributed by atoms with Crippen LogP contribution in [0.1, 0.15) is 47.0 Å². The van der Waals surface area contributed by atoms with E-state index in [2.05, 4.69) is 39.8 Å². The van der Waals surface area contributed by atoms with Crippen molar-refractivity contribution in [2.45, 2.75) is 58.2 Å². The molecule has 1 heterocycles. The first-order chi connectivity index (χ1) is 7.86. The van der Waals surface area contributed by atoms with Crippen molar-refractivity contribution in [2.24, 2.45) is 5.92 Å². The molecule has 1 atom stereocenters. The molecule has 0 N–H and O–H groups in total. The van der Waals surface area contributed by atoms with E-state index < -0.39 is 0 Å². The molecule has 0 aromatic carbocycles. The lowest BCUT2D eigenvalue weighted by Gasteiger charge is -2.32. The fourth-order valence-corrected chi connectivity index (χ4v) is 2.18. The molecule has 1 aliphatic carbocycles. The Bertz CT molecular complexity index is 365. The maximum absolute atomic E-state index is 8.87. The van der Waals surface area contributed by atoms with E-state index in [1.54, 1.807) is 0 Å². The van der Waals surface area contributed by atoms with E-state index in [4.69, 9.17) is 14.6 Å². The second-order valence-corrected chi connectivity index (χ2v) is 5.97. The fraction of sp³-hybridized carbons (Fsp3) is 0.769. The van der Waals surface area contributed by atoms with Crippen LogP contribution in [0.15, 0.2) is 11.5 Å². The Morgan fingerprint density at radius 2 is 1.88 bits per heavy atom. The molecule has 0 bridgehead atoms. The van der Waals surface area contributed by atoms with Crippen LogP contribution in [0, 0.1) is 17.2 Å². The van der Waals surface area contributed by atoms with Gasteiger partial charge in [0.05, 0.1) is 23.2 Å². The van der Waals surface area contributed by atoms with Crippen LogP contribution >= 0.6 is 0 Å². The van der Waals surface area contributed by atoms with E-state index in [1.165, 1.54) is 5.47 Å². The molecule has 0 radical (unpaired) electrons. The van der Waals surface area contributed by atoms with Gasteiger partial charge in [-0.3, -0.25) is 0 Å². The third-order valence-corrected chi connectivity index (χ3v) is 4.18. The first-order valence-corrected chi connectivity index (χ1v) is 6.30. The van der Waals surface area contributed by atoms with E-state index in [0.29, 0.717) is 0 Å². The molecule has 0 saturated carbocycles. The van der Waals surface area contributed by atoms with Crippen LogP contribution in [0.5, 0.6) is 0 Å². The van der Waals surface area contributed by atoms with Crippen LogP contribution in [0.3, 0.4) is 0 Å². The minimum Gasteiger partial charge on any atom is -0.400 e. The Kier molecular flexibility index (Phi) is 3.09. The van der Waals surface area contributed by atoms with Gasteiger partial charge in [0, 0.05) is 0 Å². The number of rotatable bonds is 1. The summed E-state index contributed by atoms with van der Waals surface area (Å²) >= 11 is 0. The molecular weight excluding hydrogens is 213 g/mol. The summed E-state index contributed by atoms with van der Waals surface area (Å²) < 4.78 is 12.0. The van der Waals surface area contributed by atoms with E-state index in [1.807, 2.05) is 0 Å². The maximum atomic E-state index is 8.87. The number of allylic oxidation sites excluding steroid dienone is 2. The van der Waals surface area contributed by atoms with Crippen molar-refractivity contribution in [2.75, 3.05) is 0 Å². The molecule has 92 valence electrons. The third kappa shape index (κ3) is 2.27. The van der Waals surface area contributed by atoms with Crippen molar-refractivity contribution in [3.05, 3.63) is 11.5 Å². The van der Waals surface area contributed by atoms with Crippen LogP contribution in [0.4, 0.5) is 0 Å². The average molecular weight is 233 g/mol. The Balaban J connectivity index is 2.08. The van der Waals surface area contributed by atoms with Crippen molar-refractivity contribution in [1.82, 2.24) is 0 Å². The fourth-order valence-electron chi connectivity index (χ4n) is 2.18. The van der Waals surface area contributed by atoms with E-state index in [0.717, 1.165) is 19.3 Å². The van der Waals surface area contributed by atoms with Crippen LogP contribution in [-0.4, -0.2) is 18.3 Å². The van der Waals surface area contributed by atoms with Crippen LogP contribution in [-0.2, 0) is 9.31 Å². The van der Waals surface area contributed by atoms with Crippen molar-refractivity contribution < 1.29 is 9.31 Å². The van der Waals surface area contributed by atoms with Crippen molar-refractivity contribution in [3.8, 4) is 6.07 Å². The Morgan fingerprint density at radius 1 is 1.29 bits per heavy atom. The molecule has 0 unspecified atom stereocenters. The quantitative estimate of drug-likeness (QED) is 0.654. The number of nitriles is 1. The zero-order chi connectivity index (χ0) is 12.7. The van der Waals surface area contributed by atoms with Gasteiger partial charge in [-0.05, 0) is 52.4 Å².